The largest absolute Gasteiger partial charge is 0.444 e. The van der Waals surface area contributed by atoms with Crippen LogP contribution in [0, 0.1) is 5.92 Å². The maximum atomic E-state index is 13.1. The fourth-order valence-corrected chi connectivity index (χ4v) is 6.51. The summed E-state index contributed by atoms with van der Waals surface area (Å²) >= 11 is 0. The summed E-state index contributed by atoms with van der Waals surface area (Å²) in [6.45, 7) is 9.30. The van der Waals surface area contributed by atoms with E-state index in [4.69, 9.17) is 18.9 Å². The summed E-state index contributed by atoms with van der Waals surface area (Å²) < 4.78 is 49.8. The first-order valence-corrected chi connectivity index (χ1v) is 13.5. The van der Waals surface area contributed by atoms with Crippen LogP contribution in [0.15, 0.2) is 35.2 Å². The number of methoxy groups -OCH3 is 1. The predicted octanol–water partition coefficient (Wildman–Crippen LogP) is 3.21. The molecule has 0 saturated carbocycles. The zero-order valence-electron chi connectivity index (χ0n) is 21.3. The van der Waals surface area contributed by atoms with E-state index >= 15 is 0 Å². The number of hydrogen-bond donors (Lipinski definition) is 0. The van der Waals surface area contributed by atoms with Crippen molar-refractivity contribution in [2.45, 2.75) is 88.1 Å². The van der Waals surface area contributed by atoms with E-state index in [1.54, 1.807) is 69.9 Å². The van der Waals surface area contributed by atoms with E-state index in [-0.39, 0.29) is 23.2 Å². The van der Waals surface area contributed by atoms with Crippen LogP contribution in [0.3, 0.4) is 0 Å². The van der Waals surface area contributed by atoms with Gasteiger partial charge < -0.3 is 23.7 Å². The normalized spacial score (nSPS) is 28.7. The molecule has 0 aromatic heterocycles. The Kier molecular flexibility index (Phi) is 8.30. The highest BCUT2D eigenvalue weighted by Gasteiger charge is 2.50. The molecule has 0 spiro atoms. The molecule has 0 aliphatic carbocycles. The lowest BCUT2D eigenvalue weighted by molar-refractivity contribution is -0.111. The first-order valence-electron chi connectivity index (χ1n) is 11.9. The summed E-state index contributed by atoms with van der Waals surface area (Å²) in [5.41, 5.74) is -1.52. The number of sulfone groups is 1. The van der Waals surface area contributed by atoms with Gasteiger partial charge in [0, 0.05) is 25.9 Å². The van der Waals surface area contributed by atoms with E-state index in [9.17, 15) is 18.0 Å². The molecule has 0 unspecified atom stereocenters. The second-order valence-electron chi connectivity index (χ2n) is 10.6. The first-order chi connectivity index (χ1) is 16.3. The van der Waals surface area contributed by atoms with Crippen molar-refractivity contribution in [3.63, 3.8) is 0 Å². The van der Waals surface area contributed by atoms with Crippen LogP contribution in [0.2, 0.25) is 0 Å². The number of amides is 1. The van der Waals surface area contributed by atoms with Gasteiger partial charge in [-0.3, -0.25) is 4.90 Å². The van der Waals surface area contributed by atoms with Gasteiger partial charge in [0.15, 0.2) is 9.84 Å². The molecule has 2 heterocycles. The molecule has 1 aromatic carbocycles. The minimum atomic E-state index is -3.62. The third-order valence-electron chi connectivity index (χ3n) is 6.33. The minimum absolute atomic E-state index is 0.0619. The van der Waals surface area contributed by atoms with Crippen LogP contribution in [0.5, 0.6) is 0 Å². The van der Waals surface area contributed by atoms with Gasteiger partial charge in [0.1, 0.15) is 17.6 Å². The summed E-state index contributed by atoms with van der Waals surface area (Å²) in [4.78, 5) is 25.8. The molecule has 196 valence electrons. The average Bonchev–Trinajstić information content (AvgIpc) is 3.23. The molecule has 10 heteroatoms. The van der Waals surface area contributed by atoms with Gasteiger partial charge in [-0.05, 0) is 46.8 Å². The Morgan fingerprint density at radius 3 is 2.43 bits per heavy atom. The van der Waals surface area contributed by atoms with Gasteiger partial charge in [-0.25, -0.2) is 13.2 Å². The van der Waals surface area contributed by atoms with E-state index in [0.717, 1.165) is 6.29 Å². The quantitative estimate of drug-likeness (QED) is 0.490. The lowest BCUT2D eigenvalue weighted by atomic mass is 9.94. The van der Waals surface area contributed by atoms with E-state index in [1.165, 1.54) is 7.11 Å². The maximum Gasteiger partial charge on any atom is 0.412 e. The van der Waals surface area contributed by atoms with E-state index in [2.05, 4.69) is 0 Å². The van der Waals surface area contributed by atoms with Crippen molar-refractivity contribution < 1.29 is 37.0 Å². The topological polar surface area (TPSA) is 108 Å². The third kappa shape index (κ3) is 6.61. The zero-order valence-corrected chi connectivity index (χ0v) is 22.1. The number of hydrogen-bond acceptors (Lipinski definition) is 8. The number of aldehydes is 1. The highest BCUT2D eigenvalue weighted by atomic mass is 32.2. The molecule has 3 rings (SSSR count). The Morgan fingerprint density at radius 1 is 1.20 bits per heavy atom. The maximum absolute atomic E-state index is 13.1. The van der Waals surface area contributed by atoms with Crippen LogP contribution in [-0.4, -0.2) is 80.8 Å². The number of carbonyl (C=O) groups is 2. The standard InChI is InChI=1S/C25H37NO8S/c1-24(2,3)34-23(28)26-15-17(33-25(26,4)5)14-21-22(31-6)19(20(32-21)12-13-27)16-35(29,30)18-10-8-7-9-11-18/h7-11,13,17,19-22H,12,14-16H2,1-6H3/t17-,19-,20-,21+,22+/m0/s1. The van der Waals surface area contributed by atoms with Gasteiger partial charge in [0.2, 0.25) is 0 Å². The molecular weight excluding hydrogens is 474 g/mol. The Hall–Kier alpha value is -2.01. The molecular formula is C25H37NO8S. The molecule has 1 aromatic rings. The second-order valence-corrected chi connectivity index (χ2v) is 12.6. The highest BCUT2D eigenvalue weighted by Crippen LogP contribution is 2.38. The molecule has 9 nitrogen and oxygen atoms in total. The third-order valence-corrected chi connectivity index (χ3v) is 8.14. The van der Waals surface area contributed by atoms with Crippen molar-refractivity contribution in [2.24, 2.45) is 5.92 Å². The van der Waals surface area contributed by atoms with Crippen LogP contribution in [0.4, 0.5) is 4.79 Å². The molecule has 2 aliphatic rings. The van der Waals surface area contributed by atoms with Gasteiger partial charge in [-0.15, -0.1) is 0 Å². The summed E-state index contributed by atoms with van der Waals surface area (Å²) in [6, 6.07) is 8.21. The Labute approximate surface area is 208 Å². The molecule has 2 aliphatic heterocycles. The second kappa shape index (κ2) is 10.5. The first kappa shape index (κ1) is 27.6. The monoisotopic (exact) mass is 511 g/mol. The van der Waals surface area contributed by atoms with Crippen LogP contribution in [-0.2, 0) is 33.6 Å². The molecule has 1 amide bonds. The summed E-state index contributed by atoms with van der Waals surface area (Å²) in [7, 11) is -2.11. The van der Waals surface area contributed by atoms with Gasteiger partial charge >= 0.3 is 6.09 Å². The predicted molar refractivity (Wildman–Crippen MR) is 129 cm³/mol. The molecule has 2 fully saturated rings. The fraction of sp³-hybridized carbons (Fsp3) is 0.680. The summed E-state index contributed by atoms with van der Waals surface area (Å²) in [5, 5.41) is 0. The molecule has 2 saturated heterocycles. The zero-order chi connectivity index (χ0) is 26.0. The molecule has 0 radical (unpaired) electrons. The minimum Gasteiger partial charge on any atom is -0.444 e. The van der Waals surface area contributed by atoms with Crippen molar-refractivity contribution in [3.05, 3.63) is 30.3 Å². The van der Waals surface area contributed by atoms with Crippen LogP contribution in [0.1, 0.15) is 47.5 Å². The van der Waals surface area contributed by atoms with Gasteiger partial charge in [0.25, 0.3) is 0 Å². The van der Waals surface area contributed by atoms with E-state index < -0.39 is 51.5 Å². The van der Waals surface area contributed by atoms with Crippen molar-refractivity contribution in [2.75, 3.05) is 19.4 Å². The Balaban J connectivity index is 1.75. The molecule has 0 bridgehead atoms. The van der Waals surface area contributed by atoms with Gasteiger partial charge in [0.05, 0.1) is 41.6 Å². The molecule has 0 N–H and O–H groups in total. The van der Waals surface area contributed by atoms with Gasteiger partial charge in [-0.2, -0.15) is 0 Å². The Morgan fingerprint density at radius 2 is 1.86 bits per heavy atom. The lowest BCUT2D eigenvalue weighted by Crippen LogP contribution is -2.46. The summed E-state index contributed by atoms with van der Waals surface area (Å²) in [6.07, 6.45) is -1.32. The van der Waals surface area contributed by atoms with Crippen LogP contribution in [0.25, 0.3) is 0 Å². The van der Waals surface area contributed by atoms with Crippen molar-refractivity contribution >= 4 is 22.2 Å². The number of ether oxygens (including phenoxy) is 4. The summed E-state index contributed by atoms with van der Waals surface area (Å²) in [5.74, 6) is -0.734. The smallest absolute Gasteiger partial charge is 0.412 e. The molecule has 5 atom stereocenters. The molecule has 35 heavy (non-hydrogen) atoms. The van der Waals surface area contributed by atoms with Crippen molar-refractivity contribution in [1.82, 2.24) is 4.90 Å². The van der Waals surface area contributed by atoms with Crippen molar-refractivity contribution in [3.8, 4) is 0 Å². The highest BCUT2D eigenvalue weighted by molar-refractivity contribution is 7.91. The van der Waals surface area contributed by atoms with Crippen LogP contribution < -0.4 is 0 Å². The number of benzene rings is 1. The lowest BCUT2D eigenvalue weighted by Gasteiger charge is -2.31. The van der Waals surface area contributed by atoms with Crippen LogP contribution >= 0.6 is 0 Å². The van der Waals surface area contributed by atoms with E-state index in [1.807, 2.05) is 0 Å². The Bertz CT molecular complexity index is 988. The number of nitrogens with zero attached hydrogens (tertiary/aromatic N) is 1. The number of carbonyl (C=O) groups excluding carboxylic acids is 2. The fourth-order valence-electron chi connectivity index (χ4n) is 4.84. The SMILES string of the molecule is CO[C@@H]1[C@@H](CS(=O)(=O)c2ccccc2)[C@H](CC=O)O[C@@H]1C[C@H]1CN(C(=O)OC(C)(C)C)C(C)(C)O1. The van der Waals surface area contributed by atoms with E-state index in [0.29, 0.717) is 13.0 Å². The number of rotatable bonds is 8. The average molecular weight is 512 g/mol. The van der Waals surface area contributed by atoms with Gasteiger partial charge in [-0.1, -0.05) is 18.2 Å². The van der Waals surface area contributed by atoms with Crippen molar-refractivity contribution in [1.29, 1.82) is 0 Å².